The summed E-state index contributed by atoms with van der Waals surface area (Å²) in [5.74, 6) is -0.965. The molecule has 1 fully saturated rings. The van der Waals surface area contributed by atoms with Gasteiger partial charge in [0.15, 0.2) is 0 Å². The van der Waals surface area contributed by atoms with Gasteiger partial charge in [-0.2, -0.15) is 0 Å². The van der Waals surface area contributed by atoms with Gasteiger partial charge < -0.3 is 10.2 Å². The van der Waals surface area contributed by atoms with Crippen LogP contribution >= 0.6 is 0 Å². The molecule has 0 aliphatic carbocycles. The number of nitrogens with zero attached hydrogens (tertiary/aromatic N) is 3. The second-order valence-electron chi connectivity index (χ2n) is 9.13. The Balaban J connectivity index is 1.45. The number of nitro groups is 1. The molecule has 1 N–H and O–H groups in total. The molecule has 1 unspecified atom stereocenters. The average Bonchev–Trinajstić information content (AvgIpc) is 3.22. The van der Waals surface area contributed by atoms with Gasteiger partial charge in [-0.3, -0.25) is 19.9 Å². The number of piperidine rings is 1. The molecule has 35 heavy (non-hydrogen) atoms. The number of amides is 1. The van der Waals surface area contributed by atoms with Gasteiger partial charge in [0.2, 0.25) is 5.91 Å². The van der Waals surface area contributed by atoms with Crippen LogP contribution in [0.2, 0.25) is 0 Å². The van der Waals surface area contributed by atoms with E-state index in [-0.39, 0.29) is 11.6 Å². The van der Waals surface area contributed by atoms with Crippen molar-refractivity contribution >= 4 is 28.7 Å². The number of likely N-dealkylation sites (tertiary alicyclic amines) is 1. The van der Waals surface area contributed by atoms with Crippen molar-refractivity contribution in [2.75, 3.05) is 25.0 Å². The number of benzene rings is 3. The molecule has 2 aliphatic rings. The van der Waals surface area contributed by atoms with Crippen molar-refractivity contribution in [3.05, 3.63) is 99.6 Å². The van der Waals surface area contributed by atoms with E-state index in [0.29, 0.717) is 17.0 Å². The molecule has 1 amide bonds. The third-order valence-corrected chi connectivity index (χ3v) is 6.77. The molecule has 178 valence electrons. The highest BCUT2D eigenvalue weighted by molar-refractivity contribution is 6.24. The summed E-state index contributed by atoms with van der Waals surface area (Å²) in [6, 6.07) is 22.2. The lowest BCUT2D eigenvalue weighted by Gasteiger charge is -2.26. The molecule has 1 atom stereocenters. The van der Waals surface area contributed by atoms with Gasteiger partial charge in [-0.1, -0.05) is 48.9 Å². The summed E-state index contributed by atoms with van der Waals surface area (Å²) >= 11 is 0. The first-order valence-corrected chi connectivity index (χ1v) is 12.1. The first-order chi connectivity index (χ1) is 17.1. The molecule has 7 heteroatoms. The van der Waals surface area contributed by atoms with Gasteiger partial charge in [-0.15, -0.1) is 0 Å². The molecule has 7 nitrogen and oxygen atoms in total. The zero-order valence-electron chi connectivity index (χ0n) is 19.5. The molecule has 0 saturated carbocycles. The highest BCUT2D eigenvalue weighted by Crippen LogP contribution is 2.38. The van der Waals surface area contributed by atoms with Crippen LogP contribution < -0.4 is 5.32 Å². The van der Waals surface area contributed by atoms with Crippen LogP contribution in [0.15, 0.2) is 77.8 Å². The first-order valence-electron chi connectivity index (χ1n) is 12.1. The molecule has 3 aromatic rings. The number of carbonyl (C=O) groups is 1. The number of nitro benzene ring substituents is 1. The Hall–Kier alpha value is -3.84. The number of carbonyl (C=O) groups excluding carboxylic acids is 1. The molecule has 0 bridgehead atoms. The Labute approximate surface area is 204 Å². The Morgan fingerprint density at radius 3 is 2.46 bits per heavy atom. The smallest absolute Gasteiger partial charge is 0.269 e. The van der Waals surface area contributed by atoms with Crippen molar-refractivity contribution in [2.24, 2.45) is 4.99 Å². The predicted octanol–water partition coefficient (Wildman–Crippen LogP) is 5.48. The van der Waals surface area contributed by atoms with E-state index < -0.39 is 10.8 Å². The fourth-order valence-corrected chi connectivity index (χ4v) is 4.89. The number of aliphatic imine (C=N–C) groups is 1. The van der Waals surface area contributed by atoms with Gasteiger partial charge in [0.25, 0.3) is 5.69 Å². The Kier molecular flexibility index (Phi) is 6.68. The van der Waals surface area contributed by atoms with Crippen LogP contribution in [0.5, 0.6) is 0 Å². The zero-order chi connectivity index (χ0) is 24.2. The number of hydrogen-bond acceptors (Lipinski definition) is 5. The lowest BCUT2D eigenvalue weighted by molar-refractivity contribution is -0.384. The highest BCUT2D eigenvalue weighted by Gasteiger charge is 2.36. The van der Waals surface area contributed by atoms with E-state index in [1.807, 2.05) is 42.5 Å². The van der Waals surface area contributed by atoms with Crippen molar-refractivity contribution in [3.63, 3.8) is 0 Å². The topological polar surface area (TPSA) is 87.8 Å². The fourth-order valence-electron chi connectivity index (χ4n) is 4.89. The molecule has 3 aromatic carbocycles. The van der Waals surface area contributed by atoms with E-state index in [4.69, 9.17) is 4.99 Å². The third kappa shape index (κ3) is 5.15. The van der Waals surface area contributed by atoms with Gasteiger partial charge in [0, 0.05) is 29.9 Å². The number of rotatable bonds is 7. The number of non-ortho nitro benzene ring substituents is 1. The summed E-state index contributed by atoms with van der Waals surface area (Å²) in [5.41, 5.74) is 4.50. The SMILES string of the molecule is O=C1Nc2ccc([N+](=O)[O-])cc2C1C(=Nc1ccc(CCN2CCCCC2)cc1)c1ccccc1. The van der Waals surface area contributed by atoms with Gasteiger partial charge in [0.05, 0.1) is 16.3 Å². The number of nitrogens with one attached hydrogen (secondary N) is 1. The maximum absolute atomic E-state index is 13.0. The number of hydrogen-bond donors (Lipinski definition) is 1. The van der Waals surface area contributed by atoms with Crippen LogP contribution in [0, 0.1) is 10.1 Å². The fraction of sp³-hybridized carbons (Fsp3) is 0.286. The Morgan fingerprint density at radius 2 is 1.74 bits per heavy atom. The summed E-state index contributed by atoms with van der Waals surface area (Å²) in [4.78, 5) is 31.4. The summed E-state index contributed by atoms with van der Waals surface area (Å²) in [6.07, 6.45) is 4.91. The normalized spacial score (nSPS) is 18.2. The van der Waals surface area contributed by atoms with Crippen molar-refractivity contribution in [2.45, 2.75) is 31.6 Å². The molecule has 5 rings (SSSR count). The van der Waals surface area contributed by atoms with Crippen LogP contribution in [0.4, 0.5) is 17.1 Å². The second-order valence-corrected chi connectivity index (χ2v) is 9.13. The van der Waals surface area contributed by atoms with E-state index >= 15 is 0 Å². The highest BCUT2D eigenvalue weighted by atomic mass is 16.6. The first kappa shape index (κ1) is 22.9. The standard InChI is InChI=1S/C28H28N4O3/c33-28-26(24-19-23(32(34)35)13-14-25(24)30-28)27(21-7-3-1-4-8-21)29-22-11-9-20(10-12-22)15-18-31-16-5-2-6-17-31/h1,3-4,7-14,19,26H,2,5-6,15-18H2,(H,30,33). The summed E-state index contributed by atoms with van der Waals surface area (Å²) in [6.45, 7) is 3.44. The van der Waals surface area contributed by atoms with Gasteiger partial charge in [-0.05, 0) is 61.7 Å². The van der Waals surface area contributed by atoms with Gasteiger partial charge in [-0.25, -0.2) is 0 Å². The minimum Gasteiger partial charge on any atom is -0.325 e. The third-order valence-electron chi connectivity index (χ3n) is 6.77. The van der Waals surface area contributed by atoms with Crippen molar-refractivity contribution in [1.82, 2.24) is 4.90 Å². The van der Waals surface area contributed by atoms with E-state index in [1.54, 1.807) is 6.07 Å². The van der Waals surface area contributed by atoms with Gasteiger partial charge >= 0.3 is 0 Å². The average molecular weight is 469 g/mol. The van der Waals surface area contributed by atoms with E-state index in [1.165, 1.54) is 50.0 Å². The van der Waals surface area contributed by atoms with Crippen LogP contribution in [-0.2, 0) is 11.2 Å². The summed E-state index contributed by atoms with van der Waals surface area (Å²) in [7, 11) is 0. The Morgan fingerprint density at radius 1 is 1.00 bits per heavy atom. The van der Waals surface area contributed by atoms with E-state index in [0.717, 1.165) is 24.2 Å². The Bertz CT molecular complexity index is 1250. The number of fused-ring (bicyclic) bond motifs is 1. The van der Waals surface area contributed by atoms with Crippen molar-refractivity contribution in [1.29, 1.82) is 0 Å². The van der Waals surface area contributed by atoms with Gasteiger partial charge in [0.1, 0.15) is 5.92 Å². The molecular weight excluding hydrogens is 440 g/mol. The monoisotopic (exact) mass is 468 g/mol. The second kappa shape index (κ2) is 10.2. The quantitative estimate of drug-likeness (QED) is 0.283. The van der Waals surface area contributed by atoms with Crippen LogP contribution in [-0.4, -0.2) is 41.1 Å². The number of anilines is 1. The minimum atomic E-state index is -0.730. The van der Waals surface area contributed by atoms with Crippen molar-refractivity contribution in [3.8, 4) is 0 Å². The summed E-state index contributed by atoms with van der Waals surface area (Å²) in [5, 5.41) is 14.2. The maximum atomic E-state index is 13.0. The van der Waals surface area contributed by atoms with Crippen molar-refractivity contribution < 1.29 is 9.72 Å². The molecule has 2 aliphatic heterocycles. The van der Waals surface area contributed by atoms with Crippen LogP contribution in [0.1, 0.15) is 41.9 Å². The lowest BCUT2D eigenvalue weighted by atomic mass is 9.90. The van der Waals surface area contributed by atoms with Crippen LogP contribution in [0.25, 0.3) is 0 Å². The summed E-state index contributed by atoms with van der Waals surface area (Å²) < 4.78 is 0. The lowest BCUT2D eigenvalue weighted by Crippen LogP contribution is -2.31. The molecule has 1 saturated heterocycles. The van der Waals surface area contributed by atoms with E-state index in [9.17, 15) is 14.9 Å². The van der Waals surface area contributed by atoms with E-state index in [2.05, 4.69) is 22.3 Å². The molecule has 0 spiro atoms. The zero-order valence-corrected chi connectivity index (χ0v) is 19.5. The van der Waals surface area contributed by atoms with Crippen LogP contribution in [0.3, 0.4) is 0 Å². The molecule has 2 heterocycles. The molecular formula is C28H28N4O3. The molecule has 0 aromatic heterocycles. The molecule has 0 radical (unpaired) electrons. The minimum absolute atomic E-state index is 0.0456. The predicted molar refractivity (Wildman–Crippen MR) is 138 cm³/mol. The largest absolute Gasteiger partial charge is 0.325 e. The maximum Gasteiger partial charge on any atom is 0.269 e.